The lowest BCUT2D eigenvalue weighted by molar-refractivity contribution is 0.248. The van der Waals surface area contributed by atoms with E-state index in [4.69, 9.17) is 0 Å². The summed E-state index contributed by atoms with van der Waals surface area (Å²) in [6.07, 6.45) is 2.93. The third-order valence-corrected chi connectivity index (χ3v) is 5.40. The van der Waals surface area contributed by atoms with E-state index in [1.165, 1.54) is 0 Å². The molecule has 1 aliphatic carbocycles. The van der Waals surface area contributed by atoms with E-state index < -0.39 is 10.0 Å². The van der Waals surface area contributed by atoms with Gasteiger partial charge in [0.2, 0.25) is 10.0 Å². The molecule has 2 rings (SSSR count). The first-order valence-electron chi connectivity index (χ1n) is 7.17. The van der Waals surface area contributed by atoms with E-state index in [-0.39, 0.29) is 5.54 Å². The van der Waals surface area contributed by atoms with Gasteiger partial charge in [-0.15, -0.1) is 0 Å². The van der Waals surface area contributed by atoms with E-state index in [1.54, 1.807) is 18.2 Å². The molecule has 0 spiro atoms. The molecule has 112 valence electrons. The van der Waals surface area contributed by atoms with Crippen LogP contribution >= 0.6 is 0 Å². The Morgan fingerprint density at radius 1 is 1.30 bits per heavy atom. The summed E-state index contributed by atoms with van der Waals surface area (Å²) >= 11 is 0. The molecule has 0 unspecified atom stereocenters. The van der Waals surface area contributed by atoms with Crippen molar-refractivity contribution in [3.8, 4) is 0 Å². The van der Waals surface area contributed by atoms with Crippen molar-refractivity contribution in [1.29, 1.82) is 0 Å². The molecule has 0 aliphatic heterocycles. The lowest BCUT2D eigenvalue weighted by Crippen LogP contribution is -2.50. The minimum Gasteiger partial charge on any atom is -0.310 e. The standard InChI is InChI=1S/C15H24N2O2S/c1-12(2)16-11-13-6-4-7-14(10-13)20(18,19)17-15(3)8-5-9-15/h4,6-7,10,12,16-17H,5,8-9,11H2,1-3H3. The predicted octanol–water partition coefficient (Wildman–Crippen LogP) is 2.41. The van der Waals surface area contributed by atoms with Gasteiger partial charge in [0.15, 0.2) is 0 Å². The molecule has 0 amide bonds. The van der Waals surface area contributed by atoms with Crippen LogP contribution in [0.3, 0.4) is 0 Å². The van der Waals surface area contributed by atoms with Gasteiger partial charge in [0.25, 0.3) is 0 Å². The second-order valence-electron chi connectivity index (χ2n) is 6.20. The van der Waals surface area contributed by atoms with Gasteiger partial charge in [-0.2, -0.15) is 0 Å². The molecule has 1 aromatic carbocycles. The number of benzene rings is 1. The van der Waals surface area contributed by atoms with Crippen LogP contribution in [-0.2, 0) is 16.6 Å². The zero-order valence-corrected chi connectivity index (χ0v) is 13.3. The summed E-state index contributed by atoms with van der Waals surface area (Å²) in [5.41, 5.74) is 0.728. The number of rotatable bonds is 6. The first kappa shape index (κ1) is 15.5. The summed E-state index contributed by atoms with van der Waals surface area (Å²) in [6, 6.07) is 7.53. The molecule has 0 atom stereocenters. The first-order valence-corrected chi connectivity index (χ1v) is 8.65. The van der Waals surface area contributed by atoms with Crippen LogP contribution in [0.2, 0.25) is 0 Å². The summed E-state index contributed by atoms with van der Waals surface area (Å²) < 4.78 is 27.6. The van der Waals surface area contributed by atoms with E-state index in [0.717, 1.165) is 24.8 Å². The molecule has 0 saturated heterocycles. The van der Waals surface area contributed by atoms with Gasteiger partial charge < -0.3 is 5.32 Å². The van der Waals surface area contributed by atoms with Crippen LogP contribution in [0.15, 0.2) is 29.2 Å². The van der Waals surface area contributed by atoms with Crippen molar-refractivity contribution < 1.29 is 8.42 Å². The highest BCUT2D eigenvalue weighted by molar-refractivity contribution is 7.89. The fraction of sp³-hybridized carbons (Fsp3) is 0.600. The average molecular weight is 296 g/mol. The van der Waals surface area contributed by atoms with E-state index in [0.29, 0.717) is 17.5 Å². The summed E-state index contributed by atoms with van der Waals surface area (Å²) in [5, 5.41) is 3.30. The Labute approximate surface area is 122 Å². The van der Waals surface area contributed by atoms with Crippen molar-refractivity contribution in [1.82, 2.24) is 10.0 Å². The molecule has 2 N–H and O–H groups in total. The lowest BCUT2D eigenvalue weighted by Gasteiger charge is -2.38. The Balaban J connectivity index is 2.12. The van der Waals surface area contributed by atoms with Gasteiger partial charge >= 0.3 is 0 Å². The van der Waals surface area contributed by atoms with Crippen LogP contribution in [0.25, 0.3) is 0 Å². The monoisotopic (exact) mass is 296 g/mol. The average Bonchev–Trinajstić information content (AvgIpc) is 2.34. The number of hydrogen-bond acceptors (Lipinski definition) is 3. The molecular weight excluding hydrogens is 272 g/mol. The third kappa shape index (κ3) is 3.81. The van der Waals surface area contributed by atoms with Crippen molar-refractivity contribution in [2.75, 3.05) is 0 Å². The second kappa shape index (κ2) is 5.84. The lowest BCUT2D eigenvalue weighted by atomic mass is 9.80. The summed E-state index contributed by atoms with van der Waals surface area (Å²) in [6.45, 7) is 6.79. The van der Waals surface area contributed by atoms with E-state index in [2.05, 4.69) is 23.9 Å². The van der Waals surface area contributed by atoms with Crippen molar-refractivity contribution in [3.05, 3.63) is 29.8 Å². The second-order valence-corrected chi connectivity index (χ2v) is 7.89. The molecule has 5 heteroatoms. The Morgan fingerprint density at radius 2 is 2.00 bits per heavy atom. The smallest absolute Gasteiger partial charge is 0.241 e. The molecule has 4 nitrogen and oxygen atoms in total. The van der Waals surface area contributed by atoms with Crippen LogP contribution in [0.4, 0.5) is 0 Å². The Bertz CT molecular complexity index is 563. The molecule has 0 radical (unpaired) electrons. The maximum Gasteiger partial charge on any atom is 0.241 e. The van der Waals surface area contributed by atoms with E-state index in [9.17, 15) is 8.42 Å². The molecule has 1 fully saturated rings. The SMILES string of the molecule is CC(C)NCc1cccc(S(=O)(=O)NC2(C)CCC2)c1. The highest BCUT2D eigenvalue weighted by Gasteiger charge is 2.36. The number of hydrogen-bond donors (Lipinski definition) is 2. The van der Waals surface area contributed by atoms with Crippen LogP contribution in [0, 0.1) is 0 Å². The van der Waals surface area contributed by atoms with Gasteiger partial charge in [-0.05, 0) is 43.9 Å². The zero-order valence-electron chi connectivity index (χ0n) is 12.4. The fourth-order valence-electron chi connectivity index (χ4n) is 2.34. The molecule has 1 saturated carbocycles. The van der Waals surface area contributed by atoms with Crippen LogP contribution in [0.1, 0.15) is 45.6 Å². The highest BCUT2D eigenvalue weighted by Crippen LogP contribution is 2.32. The van der Waals surface area contributed by atoms with Crippen molar-refractivity contribution in [3.63, 3.8) is 0 Å². The van der Waals surface area contributed by atoms with Crippen LogP contribution < -0.4 is 10.0 Å². The number of nitrogens with one attached hydrogen (secondary N) is 2. The minimum absolute atomic E-state index is 0.259. The Morgan fingerprint density at radius 3 is 2.55 bits per heavy atom. The van der Waals surface area contributed by atoms with Gasteiger partial charge in [-0.1, -0.05) is 26.0 Å². The van der Waals surface area contributed by atoms with Gasteiger partial charge in [-0.3, -0.25) is 0 Å². The van der Waals surface area contributed by atoms with Gasteiger partial charge in [0.1, 0.15) is 0 Å². The van der Waals surface area contributed by atoms with Gasteiger partial charge in [-0.25, -0.2) is 13.1 Å². The fourth-order valence-corrected chi connectivity index (χ4v) is 3.87. The predicted molar refractivity (Wildman–Crippen MR) is 81.0 cm³/mol. The van der Waals surface area contributed by atoms with Gasteiger partial charge in [0, 0.05) is 18.1 Å². The first-order chi connectivity index (χ1) is 9.31. The molecule has 0 aromatic heterocycles. The van der Waals surface area contributed by atoms with E-state index >= 15 is 0 Å². The van der Waals surface area contributed by atoms with Crippen molar-refractivity contribution in [2.45, 2.75) is 63.1 Å². The molecule has 0 bridgehead atoms. The quantitative estimate of drug-likeness (QED) is 0.847. The van der Waals surface area contributed by atoms with Crippen molar-refractivity contribution in [2.24, 2.45) is 0 Å². The van der Waals surface area contributed by atoms with Crippen LogP contribution in [0.5, 0.6) is 0 Å². The molecule has 1 aromatic rings. The summed E-state index contributed by atoms with van der Waals surface area (Å²) in [5.74, 6) is 0. The largest absolute Gasteiger partial charge is 0.310 e. The normalized spacial score (nSPS) is 18.0. The topological polar surface area (TPSA) is 58.2 Å². The maximum atomic E-state index is 12.4. The molecule has 20 heavy (non-hydrogen) atoms. The molecular formula is C15H24N2O2S. The third-order valence-electron chi connectivity index (χ3n) is 3.76. The van der Waals surface area contributed by atoms with E-state index in [1.807, 2.05) is 13.0 Å². The van der Waals surface area contributed by atoms with Crippen LogP contribution in [-0.4, -0.2) is 20.0 Å². The highest BCUT2D eigenvalue weighted by atomic mass is 32.2. The summed E-state index contributed by atoms with van der Waals surface area (Å²) in [4.78, 5) is 0.355. The Hall–Kier alpha value is -0.910. The minimum atomic E-state index is -3.42. The zero-order chi connectivity index (χ0) is 14.8. The molecule has 1 aliphatic rings. The number of sulfonamides is 1. The van der Waals surface area contributed by atoms with Gasteiger partial charge in [0.05, 0.1) is 4.90 Å². The molecule has 0 heterocycles. The maximum absolute atomic E-state index is 12.4. The Kier molecular flexibility index (Phi) is 4.52. The van der Waals surface area contributed by atoms with Crippen molar-refractivity contribution >= 4 is 10.0 Å². The summed E-state index contributed by atoms with van der Waals surface area (Å²) in [7, 11) is -3.42.